The molecule has 0 saturated heterocycles. The van der Waals surface area contributed by atoms with Gasteiger partial charge in [-0.1, -0.05) is 6.92 Å². The van der Waals surface area contributed by atoms with Crippen molar-refractivity contribution in [1.29, 1.82) is 5.41 Å². The molecule has 0 bridgehead atoms. The SMILES string of the molecule is CCC(=N)c1c(N)cc(F)cc1F. The summed E-state index contributed by atoms with van der Waals surface area (Å²) in [6.45, 7) is 1.71. The molecule has 0 atom stereocenters. The van der Waals surface area contributed by atoms with Crippen molar-refractivity contribution in [3.8, 4) is 0 Å². The normalized spacial score (nSPS) is 10.1. The van der Waals surface area contributed by atoms with E-state index in [1.807, 2.05) is 0 Å². The minimum atomic E-state index is -0.774. The van der Waals surface area contributed by atoms with Crippen LogP contribution >= 0.6 is 0 Å². The molecule has 0 saturated carbocycles. The van der Waals surface area contributed by atoms with Gasteiger partial charge in [-0.05, 0) is 12.5 Å². The van der Waals surface area contributed by atoms with Crippen molar-refractivity contribution in [2.75, 3.05) is 5.73 Å². The van der Waals surface area contributed by atoms with Crippen LogP contribution in [0.1, 0.15) is 18.9 Å². The van der Waals surface area contributed by atoms with Crippen molar-refractivity contribution in [1.82, 2.24) is 0 Å². The number of nitrogens with two attached hydrogens (primary N) is 1. The lowest BCUT2D eigenvalue weighted by Crippen LogP contribution is -2.06. The number of nitrogens with one attached hydrogen (secondary N) is 1. The van der Waals surface area contributed by atoms with Crippen LogP contribution in [0.5, 0.6) is 0 Å². The van der Waals surface area contributed by atoms with Crippen LogP contribution in [0.3, 0.4) is 0 Å². The van der Waals surface area contributed by atoms with Crippen LogP contribution in [0, 0.1) is 17.0 Å². The third-order valence-corrected chi connectivity index (χ3v) is 1.74. The van der Waals surface area contributed by atoms with Crippen LogP contribution < -0.4 is 5.73 Å². The Balaban J connectivity index is 3.28. The Hall–Kier alpha value is -1.45. The molecule has 0 aliphatic carbocycles. The second-order valence-corrected chi connectivity index (χ2v) is 2.68. The number of anilines is 1. The molecule has 13 heavy (non-hydrogen) atoms. The summed E-state index contributed by atoms with van der Waals surface area (Å²) in [4.78, 5) is 0. The Labute approximate surface area is 74.9 Å². The molecule has 0 aliphatic rings. The van der Waals surface area contributed by atoms with Crippen molar-refractivity contribution in [2.24, 2.45) is 0 Å². The molecule has 70 valence electrons. The highest BCUT2D eigenvalue weighted by molar-refractivity contribution is 6.02. The maximum Gasteiger partial charge on any atom is 0.137 e. The van der Waals surface area contributed by atoms with Gasteiger partial charge >= 0.3 is 0 Å². The fraction of sp³-hybridized carbons (Fsp3) is 0.222. The average Bonchev–Trinajstić information content (AvgIpc) is 2.02. The van der Waals surface area contributed by atoms with Gasteiger partial charge in [-0.2, -0.15) is 0 Å². The largest absolute Gasteiger partial charge is 0.398 e. The van der Waals surface area contributed by atoms with Crippen LogP contribution in [0.4, 0.5) is 14.5 Å². The average molecular weight is 184 g/mol. The number of hydrogen-bond donors (Lipinski definition) is 2. The van der Waals surface area contributed by atoms with Crippen molar-refractivity contribution in [3.63, 3.8) is 0 Å². The van der Waals surface area contributed by atoms with Crippen LogP contribution in [0.15, 0.2) is 12.1 Å². The molecule has 1 aromatic rings. The van der Waals surface area contributed by atoms with Gasteiger partial charge in [0.05, 0.1) is 5.56 Å². The van der Waals surface area contributed by atoms with Gasteiger partial charge in [0.2, 0.25) is 0 Å². The highest BCUT2D eigenvalue weighted by Gasteiger charge is 2.12. The summed E-state index contributed by atoms with van der Waals surface area (Å²) >= 11 is 0. The van der Waals surface area contributed by atoms with Gasteiger partial charge in [0.1, 0.15) is 11.6 Å². The lowest BCUT2D eigenvalue weighted by Gasteiger charge is -2.06. The molecule has 0 aliphatic heterocycles. The van der Waals surface area contributed by atoms with E-state index in [0.29, 0.717) is 6.42 Å². The van der Waals surface area contributed by atoms with Gasteiger partial charge in [0.15, 0.2) is 0 Å². The third-order valence-electron chi connectivity index (χ3n) is 1.74. The number of rotatable bonds is 2. The summed E-state index contributed by atoms with van der Waals surface area (Å²) in [5, 5.41) is 7.39. The molecule has 1 aromatic carbocycles. The lowest BCUT2D eigenvalue weighted by atomic mass is 10.1. The summed E-state index contributed by atoms with van der Waals surface area (Å²) in [5.74, 6) is -1.49. The first kappa shape index (κ1) is 9.64. The second-order valence-electron chi connectivity index (χ2n) is 2.68. The molecule has 0 fully saturated rings. The van der Waals surface area contributed by atoms with Crippen LogP contribution in [0.2, 0.25) is 0 Å². The molecular formula is C9H10F2N2. The highest BCUT2D eigenvalue weighted by atomic mass is 19.1. The first-order valence-corrected chi connectivity index (χ1v) is 3.88. The van der Waals surface area contributed by atoms with E-state index >= 15 is 0 Å². The molecule has 0 amide bonds. The Morgan fingerprint density at radius 1 is 1.46 bits per heavy atom. The fourth-order valence-electron chi connectivity index (χ4n) is 1.09. The zero-order chi connectivity index (χ0) is 10.0. The zero-order valence-electron chi connectivity index (χ0n) is 7.20. The number of halogens is 2. The number of nitrogen functional groups attached to an aromatic ring is 1. The predicted octanol–water partition coefficient (Wildman–Crippen LogP) is 2.32. The van der Waals surface area contributed by atoms with Crippen LogP contribution in [-0.4, -0.2) is 5.71 Å². The zero-order valence-corrected chi connectivity index (χ0v) is 7.20. The number of benzene rings is 1. The van der Waals surface area contributed by atoms with Crippen LogP contribution in [-0.2, 0) is 0 Å². The molecular weight excluding hydrogens is 174 g/mol. The van der Waals surface area contributed by atoms with Crippen molar-refractivity contribution in [3.05, 3.63) is 29.3 Å². The number of hydrogen-bond acceptors (Lipinski definition) is 2. The van der Waals surface area contributed by atoms with Gasteiger partial charge in [-0.3, -0.25) is 0 Å². The van der Waals surface area contributed by atoms with E-state index in [-0.39, 0.29) is 17.0 Å². The van der Waals surface area contributed by atoms with Gasteiger partial charge < -0.3 is 11.1 Å². The first-order chi connectivity index (χ1) is 6.06. The van der Waals surface area contributed by atoms with Crippen molar-refractivity contribution in [2.45, 2.75) is 13.3 Å². The maximum atomic E-state index is 13.1. The summed E-state index contributed by atoms with van der Waals surface area (Å²) in [7, 11) is 0. The third kappa shape index (κ3) is 1.83. The van der Waals surface area contributed by atoms with E-state index in [1.54, 1.807) is 6.92 Å². The first-order valence-electron chi connectivity index (χ1n) is 3.88. The summed E-state index contributed by atoms with van der Waals surface area (Å²) in [5.41, 5.74) is 5.44. The fourth-order valence-corrected chi connectivity index (χ4v) is 1.09. The predicted molar refractivity (Wildman–Crippen MR) is 47.9 cm³/mol. The van der Waals surface area contributed by atoms with Crippen molar-refractivity contribution >= 4 is 11.4 Å². The van der Waals surface area contributed by atoms with E-state index in [0.717, 1.165) is 12.1 Å². The molecule has 0 heterocycles. The topological polar surface area (TPSA) is 49.9 Å². The molecule has 2 nitrogen and oxygen atoms in total. The Morgan fingerprint density at radius 2 is 2.08 bits per heavy atom. The van der Waals surface area contributed by atoms with Gasteiger partial charge in [0, 0.05) is 17.5 Å². The van der Waals surface area contributed by atoms with E-state index in [2.05, 4.69) is 0 Å². The summed E-state index contributed by atoms with van der Waals surface area (Å²) in [6.07, 6.45) is 0.368. The molecule has 0 aromatic heterocycles. The van der Waals surface area contributed by atoms with Gasteiger partial charge in [-0.15, -0.1) is 0 Å². The Bertz CT molecular complexity index is 324. The maximum absolute atomic E-state index is 13.1. The Kier molecular flexibility index (Phi) is 2.60. The minimum Gasteiger partial charge on any atom is -0.398 e. The molecule has 3 N–H and O–H groups in total. The Morgan fingerprint density at radius 3 is 2.54 bits per heavy atom. The van der Waals surface area contributed by atoms with Crippen molar-refractivity contribution < 1.29 is 8.78 Å². The smallest absolute Gasteiger partial charge is 0.137 e. The molecule has 0 spiro atoms. The van der Waals surface area contributed by atoms with E-state index in [1.165, 1.54) is 0 Å². The van der Waals surface area contributed by atoms with E-state index < -0.39 is 11.6 Å². The quantitative estimate of drug-likeness (QED) is 0.537. The van der Waals surface area contributed by atoms with E-state index in [4.69, 9.17) is 11.1 Å². The standard InChI is InChI=1S/C9H10F2N2/c1-2-7(12)9-6(11)3-5(10)4-8(9)13/h3-4,12H,2,13H2,1H3. The highest BCUT2D eigenvalue weighted by Crippen LogP contribution is 2.19. The molecule has 4 heteroatoms. The monoisotopic (exact) mass is 184 g/mol. The van der Waals surface area contributed by atoms with E-state index in [9.17, 15) is 8.78 Å². The molecule has 1 rings (SSSR count). The van der Waals surface area contributed by atoms with Gasteiger partial charge in [0.25, 0.3) is 0 Å². The second kappa shape index (κ2) is 3.51. The van der Waals surface area contributed by atoms with Crippen LogP contribution in [0.25, 0.3) is 0 Å². The minimum absolute atomic E-state index is 0.00361. The molecule has 0 radical (unpaired) electrons. The van der Waals surface area contributed by atoms with Gasteiger partial charge in [-0.25, -0.2) is 8.78 Å². The summed E-state index contributed by atoms with van der Waals surface area (Å²) < 4.78 is 25.7. The molecule has 0 unspecified atom stereocenters. The summed E-state index contributed by atoms with van der Waals surface area (Å²) in [6, 6.07) is 1.75. The lowest BCUT2D eigenvalue weighted by molar-refractivity contribution is 0.582.